The number of ether oxygens (including phenoxy) is 1. The van der Waals surface area contributed by atoms with Crippen molar-refractivity contribution in [3.05, 3.63) is 102 Å². The molecular weight excluding hydrogens is 418 g/mol. The highest BCUT2D eigenvalue weighted by Gasteiger charge is 2.23. The molecule has 3 aromatic rings. The minimum atomic E-state index is -0.619. The first-order valence-corrected chi connectivity index (χ1v) is 12.5. The zero-order valence-electron chi connectivity index (χ0n) is 21.1. The van der Waals surface area contributed by atoms with E-state index < -0.39 is 5.60 Å². The van der Waals surface area contributed by atoms with Gasteiger partial charge >= 0.3 is 0 Å². The Labute approximate surface area is 205 Å². The topological polar surface area (TPSA) is 32.7 Å². The maximum Gasteiger partial charge on any atom is 0.119 e. The van der Waals surface area contributed by atoms with E-state index in [1.807, 2.05) is 20.9 Å². The van der Waals surface area contributed by atoms with Gasteiger partial charge in [-0.15, -0.1) is 0 Å². The van der Waals surface area contributed by atoms with E-state index >= 15 is 0 Å². The van der Waals surface area contributed by atoms with Gasteiger partial charge in [-0.2, -0.15) is 0 Å². The number of rotatable bonds is 12. The zero-order valence-corrected chi connectivity index (χ0v) is 21.1. The van der Waals surface area contributed by atoms with Crippen LogP contribution in [-0.2, 0) is 0 Å². The van der Waals surface area contributed by atoms with Crippen LogP contribution in [0.25, 0.3) is 11.1 Å². The summed E-state index contributed by atoms with van der Waals surface area (Å²) in [5.74, 6) is 0.864. The summed E-state index contributed by atoms with van der Waals surface area (Å²) in [6.45, 7) is 8.31. The lowest BCUT2D eigenvalue weighted by atomic mass is 9.88. The molecule has 3 aromatic carbocycles. The SMILES string of the molecule is CC/C(=C(\c1ccccc1)c1ccc(OCCN(C)CC(O)(CC)CC)cc1)c1ccccc1. The Hall–Kier alpha value is -2.88. The number of nitrogens with zero attached hydrogens (tertiary/aromatic N) is 1. The van der Waals surface area contributed by atoms with Crippen molar-refractivity contribution in [2.24, 2.45) is 0 Å². The fraction of sp³-hybridized carbons (Fsp3) is 0.355. The van der Waals surface area contributed by atoms with Crippen molar-refractivity contribution in [3.8, 4) is 5.75 Å². The monoisotopic (exact) mass is 457 g/mol. The second-order valence-electron chi connectivity index (χ2n) is 8.98. The van der Waals surface area contributed by atoms with Crippen LogP contribution in [0.5, 0.6) is 5.75 Å². The number of benzene rings is 3. The van der Waals surface area contributed by atoms with Gasteiger partial charge in [-0.3, -0.25) is 0 Å². The fourth-order valence-corrected chi connectivity index (χ4v) is 4.38. The van der Waals surface area contributed by atoms with Crippen LogP contribution in [0.4, 0.5) is 0 Å². The molecule has 0 spiro atoms. The second-order valence-corrected chi connectivity index (χ2v) is 8.98. The van der Waals surface area contributed by atoms with Gasteiger partial charge in [0.15, 0.2) is 0 Å². The molecule has 0 aliphatic carbocycles. The van der Waals surface area contributed by atoms with E-state index in [0.717, 1.165) is 31.6 Å². The molecule has 0 aliphatic rings. The van der Waals surface area contributed by atoms with Gasteiger partial charge in [0.1, 0.15) is 12.4 Å². The van der Waals surface area contributed by atoms with Crippen LogP contribution in [0.2, 0.25) is 0 Å². The summed E-state index contributed by atoms with van der Waals surface area (Å²) in [4.78, 5) is 2.14. The lowest BCUT2D eigenvalue weighted by Crippen LogP contribution is -2.41. The summed E-state index contributed by atoms with van der Waals surface area (Å²) in [7, 11) is 2.04. The molecule has 0 heterocycles. The molecule has 0 fully saturated rings. The van der Waals surface area contributed by atoms with Gasteiger partial charge in [0.25, 0.3) is 0 Å². The van der Waals surface area contributed by atoms with E-state index in [4.69, 9.17) is 4.74 Å². The van der Waals surface area contributed by atoms with Crippen molar-refractivity contribution in [1.29, 1.82) is 0 Å². The average molecular weight is 458 g/mol. The minimum absolute atomic E-state index is 0.588. The van der Waals surface area contributed by atoms with Crippen molar-refractivity contribution in [3.63, 3.8) is 0 Å². The summed E-state index contributed by atoms with van der Waals surface area (Å²) >= 11 is 0. The van der Waals surface area contributed by atoms with Crippen LogP contribution in [0.3, 0.4) is 0 Å². The van der Waals surface area contributed by atoms with E-state index in [1.165, 1.54) is 27.8 Å². The Morgan fingerprint density at radius 1 is 0.765 bits per heavy atom. The van der Waals surface area contributed by atoms with Crippen molar-refractivity contribution < 1.29 is 9.84 Å². The molecule has 3 nitrogen and oxygen atoms in total. The highest BCUT2D eigenvalue weighted by Crippen LogP contribution is 2.34. The van der Waals surface area contributed by atoms with Gasteiger partial charge in [0, 0.05) is 13.1 Å². The molecule has 0 atom stereocenters. The standard InChI is InChI=1S/C31H39NO2/c1-5-29(25-14-10-8-11-15-25)30(26-16-12-9-13-17-26)27-18-20-28(21-19-27)34-23-22-32(4)24-31(33,6-2)7-3/h8-21,33H,5-7,22-24H2,1-4H3/b30-29-. The van der Waals surface area contributed by atoms with Crippen LogP contribution < -0.4 is 4.74 Å². The first-order chi connectivity index (χ1) is 16.5. The van der Waals surface area contributed by atoms with Crippen molar-refractivity contribution in [1.82, 2.24) is 4.90 Å². The molecule has 0 saturated carbocycles. The van der Waals surface area contributed by atoms with Gasteiger partial charge in [-0.25, -0.2) is 0 Å². The van der Waals surface area contributed by atoms with Crippen LogP contribution >= 0.6 is 0 Å². The summed E-state index contributed by atoms with van der Waals surface area (Å²) in [5, 5.41) is 10.6. The summed E-state index contributed by atoms with van der Waals surface area (Å²) < 4.78 is 6.03. The van der Waals surface area contributed by atoms with Crippen molar-refractivity contribution in [2.75, 3.05) is 26.7 Å². The van der Waals surface area contributed by atoms with E-state index in [2.05, 4.69) is 96.8 Å². The summed E-state index contributed by atoms with van der Waals surface area (Å²) in [6, 6.07) is 29.7. The molecule has 0 unspecified atom stereocenters. The van der Waals surface area contributed by atoms with Crippen LogP contribution in [0.1, 0.15) is 56.7 Å². The molecular formula is C31H39NO2. The molecule has 1 N–H and O–H groups in total. The fourth-order valence-electron chi connectivity index (χ4n) is 4.38. The van der Waals surface area contributed by atoms with E-state index in [1.54, 1.807) is 0 Å². The zero-order chi connectivity index (χ0) is 24.4. The Balaban J connectivity index is 1.77. The quantitative estimate of drug-likeness (QED) is 0.300. The molecule has 0 saturated heterocycles. The normalized spacial score (nSPS) is 12.5. The predicted octanol–water partition coefficient (Wildman–Crippen LogP) is 6.92. The van der Waals surface area contributed by atoms with Gasteiger partial charge in [-0.05, 0) is 66.3 Å². The first kappa shape index (κ1) is 25.7. The molecule has 0 bridgehead atoms. The average Bonchev–Trinajstić information content (AvgIpc) is 2.88. The summed E-state index contributed by atoms with van der Waals surface area (Å²) in [6.07, 6.45) is 2.47. The van der Waals surface area contributed by atoms with Crippen molar-refractivity contribution in [2.45, 2.75) is 45.6 Å². The Kier molecular flexibility index (Phi) is 9.50. The molecule has 3 heteroatoms. The van der Waals surface area contributed by atoms with Gasteiger partial charge in [-0.1, -0.05) is 93.6 Å². The lowest BCUT2D eigenvalue weighted by Gasteiger charge is -2.30. The van der Waals surface area contributed by atoms with Crippen LogP contribution in [-0.4, -0.2) is 42.4 Å². The Bertz CT molecular complexity index is 1020. The smallest absolute Gasteiger partial charge is 0.119 e. The van der Waals surface area contributed by atoms with Crippen LogP contribution in [0.15, 0.2) is 84.9 Å². The van der Waals surface area contributed by atoms with Gasteiger partial charge in [0.05, 0.1) is 5.60 Å². The Morgan fingerprint density at radius 3 is 1.82 bits per heavy atom. The molecule has 0 aromatic heterocycles. The molecule has 0 aliphatic heterocycles. The van der Waals surface area contributed by atoms with E-state index in [-0.39, 0.29) is 0 Å². The minimum Gasteiger partial charge on any atom is -0.492 e. The highest BCUT2D eigenvalue weighted by atomic mass is 16.5. The largest absolute Gasteiger partial charge is 0.492 e. The third-order valence-electron chi connectivity index (χ3n) is 6.61. The lowest BCUT2D eigenvalue weighted by molar-refractivity contribution is 0.000897. The van der Waals surface area contributed by atoms with Crippen molar-refractivity contribution >= 4 is 11.1 Å². The first-order valence-electron chi connectivity index (χ1n) is 12.5. The second kappa shape index (κ2) is 12.5. The molecule has 0 radical (unpaired) electrons. The number of hydrogen-bond donors (Lipinski definition) is 1. The Morgan fingerprint density at radius 2 is 1.29 bits per heavy atom. The number of aliphatic hydroxyl groups is 1. The molecule has 3 rings (SSSR count). The number of hydrogen-bond acceptors (Lipinski definition) is 3. The van der Waals surface area contributed by atoms with Crippen LogP contribution in [0, 0.1) is 0 Å². The maximum atomic E-state index is 10.6. The van der Waals surface area contributed by atoms with E-state index in [0.29, 0.717) is 13.2 Å². The molecule has 34 heavy (non-hydrogen) atoms. The third kappa shape index (κ3) is 6.82. The molecule has 0 amide bonds. The number of allylic oxidation sites excluding steroid dienone is 1. The van der Waals surface area contributed by atoms with E-state index in [9.17, 15) is 5.11 Å². The predicted molar refractivity (Wildman–Crippen MR) is 144 cm³/mol. The van der Waals surface area contributed by atoms with Gasteiger partial charge in [0.2, 0.25) is 0 Å². The summed E-state index contributed by atoms with van der Waals surface area (Å²) in [5.41, 5.74) is 5.64. The maximum absolute atomic E-state index is 10.6. The number of likely N-dealkylation sites (N-methyl/N-ethyl adjacent to an activating group) is 1. The third-order valence-corrected chi connectivity index (χ3v) is 6.61. The van der Waals surface area contributed by atoms with Gasteiger partial charge < -0.3 is 14.7 Å². The molecule has 180 valence electrons. The highest BCUT2D eigenvalue weighted by molar-refractivity contribution is 5.98.